The molecular formula is C6H8O2S. The third-order valence-electron chi connectivity index (χ3n) is 1.20. The highest BCUT2D eigenvalue weighted by atomic mass is 32.1. The first-order valence-electron chi connectivity index (χ1n) is 2.61. The minimum absolute atomic E-state index is 0.0255. The first kappa shape index (κ1) is 6.42. The lowest BCUT2D eigenvalue weighted by Gasteiger charge is -1.86. The van der Waals surface area contributed by atoms with Gasteiger partial charge in [0, 0.05) is 9.75 Å². The van der Waals surface area contributed by atoms with Crippen LogP contribution in [0.1, 0.15) is 9.75 Å². The SMILES string of the molecule is Cc1sc(C)c(O)c1O. The number of aryl methyl sites for hydroxylation is 2. The second-order valence-electron chi connectivity index (χ2n) is 1.91. The van der Waals surface area contributed by atoms with Crippen LogP contribution < -0.4 is 0 Å². The molecule has 0 spiro atoms. The molecule has 0 aliphatic heterocycles. The van der Waals surface area contributed by atoms with Crippen LogP contribution in [0.25, 0.3) is 0 Å². The maximum atomic E-state index is 8.99. The van der Waals surface area contributed by atoms with Crippen LogP contribution in [0.4, 0.5) is 0 Å². The van der Waals surface area contributed by atoms with E-state index in [1.54, 1.807) is 13.8 Å². The molecule has 0 unspecified atom stereocenters. The second kappa shape index (κ2) is 1.92. The normalized spacial score (nSPS) is 10.0. The Kier molecular flexibility index (Phi) is 1.37. The van der Waals surface area contributed by atoms with E-state index in [0.717, 1.165) is 9.75 Å². The molecule has 3 heteroatoms. The molecule has 0 amide bonds. The van der Waals surface area contributed by atoms with Crippen molar-refractivity contribution in [3.8, 4) is 11.5 Å². The van der Waals surface area contributed by atoms with Crippen LogP contribution in [0.5, 0.6) is 11.5 Å². The largest absolute Gasteiger partial charge is 0.503 e. The summed E-state index contributed by atoms with van der Waals surface area (Å²) in [4.78, 5) is 1.54. The predicted octanol–water partition coefficient (Wildman–Crippen LogP) is 1.78. The van der Waals surface area contributed by atoms with Crippen molar-refractivity contribution in [3.63, 3.8) is 0 Å². The molecule has 0 aromatic carbocycles. The Labute approximate surface area is 57.4 Å². The van der Waals surface area contributed by atoms with Gasteiger partial charge in [-0.15, -0.1) is 11.3 Å². The highest BCUT2D eigenvalue weighted by molar-refractivity contribution is 7.12. The van der Waals surface area contributed by atoms with Crippen LogP contribution in [0.15, 0.2) is 0 Å². The third kappa shape index (κ3) is 0.876. The summed E-state index contributed by atoms with van der Waals surface area (Å²) < 4.78 is 0. The van der Waals surface area contributed by atoms with E-state index in [1.165, 1.54) is 11.3 Å². The van der Waals surface area contributed by atoms with Crippen molar-refractivity contribution in [2.75, 3.05) is 0 Å². The lowest BCUT2D eigenvalue weighted by Crippen LogP contribution is -1.61. The first-order valence-corrected chi connectivity index (χ1v) is 3.42. The molecule has 0 saturated heterocycles. The first-order chi connectivity index (χ1) is 4.13. The highest BCUT2D eigenvalue weighted by Gasteiger charge is 2.08. The summed E-state index contributed by atoms with van der Waals surface area (Å²) in [6, 6.07) is 0. The van der Waals surface area contributed by atoms with Crippen LogP contribution in [-0.2, 0) is 0 Å². The molecule has 1 rings (SSSR count). The van der Waals surface area contributed by atoms with Crippen molar-refractivity contribution >= 4 is 11.3 Å². The fraction of sp³-hybridized carbons (Fsp3) is 0.333. The second-order valence-corrected chi connectivity index (χ2v) is 3.34. The van der Waals surface area contributed by atoms with E-state index in [0.29, 0.717) is 0 Å². The Morgan fingerprint density at radius 3 is 1.44 bits per heavy atom. The summed E-state index contributed by atoms with van der Waals surface area (Å²) >= 11 is 1.40. The van der Waals surface area contributed by atoms with Crippen LogP contribution >= 0.6 is 11.3 Å². The summed E-state index contributed by atoms with van der Waals surface area (Å²) in [5, 5.41) is 18.0. The van der Waals surface area contributed by atoms with E-state index in [1.807, 2.05) is 0 Å². The summed E-state index contributed by atoms with van der Waals surface area (Å²) in [5.41, 5.74) is 0. The van der Waals surface area contributed by atoms with E-state index >= 15 is 0 Å². The molecule has 50 valence electrons. The van der Waals surface area contributed by atoms with Crippen molar-refractivity contribution in [1.82, 2.24) is 0 Å². The lowest BCUT2D eigenvalue weighted by atomic mass is 10.4. The molecule has 0 aliphatic carbocycles. The van der Waals surface area contributed by atoms with Gasteiger partial charge < -0.3 is 10.2 Å². The van der Waals surface area contributed by atoms with Gasteiger partial charge in [0.05, 0.1) is 0 Å². The molecule has 2 nitrogen and oxygen atoms in total. The molecule has 0 bridgehead atoms. The van der Waals surface area contributed by atoms with Gasteiger partial charge in [-0.05, 0) is 13.8 Å². The lowest BCUT2D eigenvalue weighted by molar-refractivity contribution is 0.403. The van der Waals surface area contributed by atoms with Gasteiger partial charge in [-0.2, -0.15) is 0 Å². The fourth-order valence-corrected chi connectivity index (χ4v) is 1.51. The average Bonchev–Trinajstić information content (AvgIpc) is 1.98. The Morgan fingerprint density at radius 2 is 1.33 bits per heavy atom. The Hall–Kier alpha value is -0.700. The van der Waals surface area contributed by atoms with Gasteiger partial charge in [0.1, 0.15) is 0 Å². The van der Waals surface area contributed by atoms with E-state index in [9.17, 15) is 0 Å². The summed E-state index contributed by atoms with van der Waals surface area (Å²) in [5.74, 6) is 0.0509. The fourth-order valence-electron chi connectivity index (χ4n) is 0.660. The molecule has 0 aliphatic rings. The molecule has 9 heavy (non-hydrogen) atoms. The van der Waals surface area contributed by atoms with Gasteiger partial charge in [0.15, 0.2) is 11.5 Å². The third-order valence-corrected chi connectivity index (χ3v) is 2.20. The minimum atomic E-state index is 0.0255. The highest BCUT2D eigenvalue weighted by Crippen LogP contribution is 2.38. The zero-order valence-electron chi connectivity index (χ0n) is 5.30. The molecule has 0 radical (unpaired) electrons. The van der Waals surface area contributed by atoms with Gasteiger partial charge in [-0.1, -0.05) is 0 Å². The molecule has 1 aromatic rings. The monoisotopic (exact) mass is 144 g/mol. The van der Waals surface area contributed by atoms with Crippen molar-refractivity contribution in [3.05, 3.63) is 9.75 Å². The predicted molar refractivity (Wildman–Crippen MR) is 37.1 cm³/mol. The van der Waals surface area contributed by atoms with Crippen LogP contribution in [0.2, 0.25) is 0 Å². The standard InChI is InChI=1S/C6H8O2S/c1-3-5(7)6(8)4(2)9-3/h7-8H,1-2H3. The minimum Gasteiger partial charge on any atom is -0.503 e. The van der Waals surface area contributed by atoms with Gasteiger partial charge in [-0.3, -0.25) is 0 Å². The number of thiophene rings is 1. The topological polar surface area (TPSA) is 40.5 Å². The van der Waals surface area contributed by atoms with Crippen LogP contribution in [0, 0.1) is 13.8 Å². The summed E-state index contributed by atoms with van der Waals surface area (Å²) in [7, 11) is 0. The number of hydrogen-bond donors (Lipinski definition) is 2. The van der Waals surface area contributed by atoms with E-state index in [4.69, 9.17) is 10.2 Å². The molecule has 0 fully saturated rings. The maximum Gasteiger partial charge on any atom is 0.171 e. The van der Waals surface area contributed by atoms with Crippen molar-refractivity contribution < 1.29 is 10.2 Å². The molecule has 1 aromatic heterocycles. The van der Waals surface area contributed by atoms with Crippen LogP contribution in [0.3, 0.4) is 0 Å². The van der Waals surface area contributed by atoms with Gasteiger partial charge in [0.25, 0.3) is 0 Å². The Bertz CT molecular complexity index is 205. The number of rotatable bonds is 0. The summed E-state index contributed by atoms with van der Waals surface area (Å²) in [6.07, 6.45) is 0. The zero-order valence-corrected chi connectivity index (χ0v) is 6.12. The number of aromatic hydroxyl groups is 2. The average molecular weight is 144 g/mol. The van der Waals surface area contributed by atoms with E-state index < -0.39 is 0 Å². The van der Waals surface area contributed by atoms with Gasteiger partial charge in [-0.25, -0.2) is 0 Å². The number of hydrogen-bond acceptors (Lipinski definition) is 3. The van der Waals surface area contributed by atoms with E-state index in [-0.39, 0.29) is 11.5 Å². The Morgan fingerprint density at radius 1 is 1.00 bits per heavy atom. The molecular weight excluding hydrogens is 136 g/mol. The quantitative estimate of drug-likeness (QED) is 0.582. The molecule has 0 atom stereocenters. The van der Waals surface area contributed by atoms with Gasteiger partial charge >= 0.3 is 0 Å². The van der Waals surface area contributed by atoms with Crippen LogP contribution in [-0.4, -0.2) is 10.2 Å². The summed E-state index contributed by atoms with van der Waals surface area (Å²) in [6.45, 7) is 3.54. The van der Waals surface area contributed by atoms with E-state index in [2.05, 4.69) is 0 Å². The maximum absolute atomic E-state index is 8.99. The van der Waals surface area contributed by atoms with Gasteiger partial charge in [0.2, 0.25) is 0 Å². The van der Waals surface area contributed by atoms with Crippen molar-refractivity contribution in [2.45, 2.75) is 13.8 Å². The molecule has 0 saturated carbocycles. The Balaban J connectivity index is 3.29. The smallest absolute Gasteiger partial charge is 0.171 e. The molecule has 2 N–H and O–H groups in total. The zero-order chi connectivity index (χ0) is 7.02. The van der Waals surface area contributed by atoms with Crippen molar-refractivity contribution in [2.24, 2.45) is 0 Å². The van der Waals surface area contributed by atoms with Crippen molar-refractivity contribution in [1.29, 1.82) is 0 Å². The molecule has 1 heterocycles.